The summed E-state index contributed by atoms with van der Waals surface area (Å²) in [6.45, 7) is 3.44. The Balaban J connectivity index is 1.65. The van der Waals surface area contributed by atoms with E-state index in [0.29, 0.717) is 6.42 Å². The molecule has 0 spiro atoms. The molecule has 1 aliphatic rings. The van der Waals surface area contributed by atoms with E-state index in [2.05, 4.69) is 21.8 Å². The maximum absolute atomic E-state index is 11.1. The van der Waals surface area contributed by atoms with E-state index in [0.717, 1.165) is 37.5 Å². The third-order valence-corrected chi connectivity index (χ3v) is 4.39. The molecule has 1 aromatic rings. The van der Waals surface area contributed by atoms with Gasteiger partial charge in [0.05, 0.1) is 14.2 Å². The third kappa shape index (κ3) is 5.34. The lowest BCUT2D eigenvalue weighted by atomic mass is 9.99. The number of nitrogens with zero attached hydrogens (tertiary/aromatic N) is 1. The summed E-state index contributed by atoms with van der Waals surface area (Å²) in [6.07, 6.45) is 4.95. The Morgan fingerprint density at radius 2 is 2.00 bits per heavy atom. The molecule has 1 heterocycles. The molecule has 1 aliphatic heterocycles. The predicted octanol–water partition coefficient (Wildman–Crippen LogP) is 2.90. The number of likely N-dealkylation sites (tertiary alicyclic amines) is 1. The molecule has 0 bridgehead atoms. The van der Waals surface area contributed by atoms with E-state index in [-0.39, 0.29) is 5.97 Å². The van der Waals surface area contributed by atoms with Gasteiger partial charge in [-0.05, 0) is 62.4 Å². The molecule has 0 aliphatic carbocycles. The number of carbonyl (C=O) groups is 1. The molecule has 1 aromatic carbocycles. The van der Waals surface area contributed by atoms with Crippen LogP contribution in [0.1, 0.15) is 31.2 Å². The SMILES string of the molecule is COC(=O)CCCCN1CCC(Cc2ccc(OC)cc2)C1. The van der Waals surface area contributed by atoms with Crippen LogP contribution in [0.15, 0.2) is 24.3 Å². The van der Waals surface area contributed by atoms with Gasteiger partial charge in [-0.15, -0.1) is 0 Å². The summed E-state index contributed by atoms with van der Waals surface area (Å²) >= 11 is 0. The van der Waals surface area contributed by atoms with Crippen LogP contribution in [-0.4, -0.2) is 44.7 Å². The highest BCUT2D eigenvalue weighted by molar-refractivity contribution is 5.68. The molecule has 22 heavy (non-hydrogen) atoms. The monoisotopic (exact) mass is 305 g/mol. The fourth-order valence-corrected chi connectivity index (χ4v) is 3.08. The molecule has 0 amide bonds. The van der Waals surface area contributed by atoms with Gasteiger partial charge in [0.1, 0.15) is 5.75 Å². The molecule has 0 N–H and O–H groups in total. The molecule has 4 nitrogen and oxygen atoms in total. The quantitative estimate of drug-likeness (QED) is 0.547. The van der Waals surface area contributed by atoms with E-state index in [4.69, 9.17) is 4.74 Å². The summed E-state index contributed by atoms with van der Waals surface area (Å²) in [5.41, 5.74) is 1.39. The number of carbonyl (C=O) groups excluding carboxylic acids is 1. The van der Waals surface area contributed by atoms with Gasteiger partial charge in [-0.25, -0.2) is 0 Å². The van der Waals surface area contributed by atoms with Crippen molar-refractivity contribution in [3.05, 3.63) is 29.8 Å². The van der Waals surface area contributed by atoms with Crippen molar-refractivity contribution >= 4 is 5.97 Å². The van der Waals surface area contributed by atoms with Gasteiger partial charge >= 0.3 is 5.97 Å². The van der Waals surface area contributed by atoms with E-state index >= 15 is 0 Å². The van der Waals surface area contributed by atoms with E-state index in [1.807, 2.05) is 12.1 Å². The molecule has 1 atom stereocenters. The number of unbranched alkanes of at least 4 members (excludes halogenated alkanes) is 1. The van der Waals surface area contributed by atoms with Crippen molar-refractivity contribution in [2.75, 3.05) is 33.9 Å². The van der Waals surface area contributed by atoms with Gasteiger partial charge in [0.15, 0.2) is 0 Å². The van der Waals surface area contributed by atoms with Crippen molar-refractivity contribution in [1.82, 2.24) is 4.90 Å². The minimum atomic E-state index is -0.0983. The normalized spacial score (nSPS) is 18.4. The zero-order valence-corrected chi connectivity index (χ0v) is 13.7. The number of benzene rings is 1. The fourth-order valence-electron chi connectivity index (χ4n) is 3.08. The topological polar surface area (TPSA) is 38.8 Å². The molecule has 2 rings (SSSR count). The zero-order chi connectivity index (χ0) is 15.8. The summed E-state index contributed by atoms with van der Waals surface area (Å²) in [5, 5.41) is 0. The first-order valence-corrected chi connectivity index (χ1v) is 8.13. The van der Waals surface area contributed by atoms with Gasteiger partial charge in [0.25, 0.3) is 0 Å². The van der Waals surface area contributed by atoms with Crippen LogP contribution in [-0.2, 0) is 16.0 Å². The van der Waals surface area contributed by atoms with Gasteiger partial charge in [-0.3, -0.25) is 4.79 Å². The first-order valence-electron chi connectivity index (χ1n) is 8.13. The summed E-state index contributed by atoms with van der Waals surface area (Å²) in [5.74, 6) is 1.57. The van der Waals surface area contributed by atoms with Gasteiger partial charge < -0.3 is 14.4 Å². The van der Waals surface area contributed by atoms with E-state index in [9.17, 15) is 4.79 Å². The van der Waals surface area contributed by atoms with Gasteiger partial charge in [-0.1, -0.05) is 12.1 Å². The Morgan fingerprint density at radius 1 is 1.23 bits per heavy atom. The molecule has 0 aromatic heterocycles. The molecule has 0 radical (unpaired) electrons. The maximum atomic E-state index is 11.1. The number of ether oxygens (including phenoxy) is 2. The molecule has 1 unspecified atom stereocenters. The molecule has 4 heteroatoms. The standard InChI is InChI=1S/C18H27NO3/c1-21-17-8-6-15(7-9-17)13-16-10-12-19(14-16)11-4-3-5-18(20)22-2/h6-9,16H,3-5,10-14H2,1-2H3. The number of hydrogen-bond donors (Lipinski definition) is 0. The first-order chi connectivity index (χ1) is 10.7. The third-order valence-electron chi connectivity index (χ3n) is 4.39. The molecule has 0 saturated carbocycles. The second-order valence-electron chi connectivity index (χ2n) is 6.04. The average Bonchev–Trinajstić information content (AvgIpc) is 2.99. The summed E-state index contributed by atoms with van der Waals surface area (Å²) in [7, 11) is 3.15. The van der Waals surface area contributed by atoms with Crippen LogP contribution in [0.2, 0.25) is 0 Å². The lowest BCUT2D eigenvalue weighted by molar-refractivity contribution is -0.140. The van der Waals surface area contributed by atoms with Crippen LogP contribution < -0.4 is 4.74 Å². The average molecular weight is 305 g/mol. The Kier molecular flexibility index (Phi) is 6.72. The summed E-state index contributed by atoms with van der Waals surface area (Å²) in [6, 6.07) is 8.40. The highest BCUT2D eigenvalue weighted by Gasteiger charge is 2.22. The number of rotatable bonds is 8. The van der Waals surface area contributed by atoms with E-state index in [1.54, 1.807) is 7.11 Å². The number of methoxy groups -OCH3 is 2. The number of esters is 1. The van der Waals surface area contributed by atoms with Crippen LogP contribution in [0, 0.1) is 5.92 Å². The molecular weight excluding hydrogens is 278 g/mol. The largest absolute Gasteiger partial charge is 0.497 e. The van der Waals surface area contributed by atoms with Gasteiger partial charge in [0, 0.05) is 13.0 Å². The van der Waals surface area contributed by atoms with Crippen molar-refractivity contribution in [1.29, 1.82) is 0 Å². The smallest absolute Gasteiger partial charge is 0.305 e. The minimum Gasteiger partial charge on any atom is -0.497 e. The fraction of sp³-hybridized carbons (Fsp3) is 0.611. The summed E-state index contributed by atoms with van der Waals surface area (Å²) < 4.78 is 9.86. The lowest BCUT2D eigenvalue weighted by Gasteiger charge is -2.16. The molecular formula is C18H27NO3. The second-order valence-corrected chi connectivity index (χ2v) is 6.04. The van der Waals surface area contributed by atoms with E-state index in [1.165, 1.54) is 32.2 Å². The minimum absolute atomic E-state index is 0.0983. The summed E-state index contributed by atoms with van der Waals surface area (Å²) in [4.78, 5) is 13.6. The second kappa shape index (κ2) is 8.79. The van der Waals surface area contributed by atoms with Crippen molar-refractivity contribution < 1.29 is 14.3 Å². The van der Waals surface area contributed by atoms with Crippen LogP contribution in [0.25, 0.3) is 0 Å². The van der Waals surface area contributed by atoms with E-state index < -0.39 is 0 Å². The lowest BCUT2D eigenvalue weighted by Crippen LogP contribution is -2.22. The Bertz CT molecular complexity index is 458. The Hall–Kier alpha value is -1.55. The van der Waals surface area contributed by atoms with Crippen LogP contribution in [0.4, 0.5) is 0 Å². The van der Waals surface area contributed by atoms with Crippen LogP contribution in [0.3, 0.4) is 0 Å². The maximum Gasteiger partial charge on any atom is 0.305 e. The van der Waals surface area contributed by atoms with Crippen LogP contribution in [0.5, 0.6) is 5.75 Å². The predicted molar refractivity (Wildman–Crippen MR) is 87.1 cm³/mol. The van der Waals surface area contributed by atoms with Crippen molar-refractivity contribution in [3.63, 3.8) is 0 Å². The highest BCUT2D eigenvalue weighted by Crippen LogP contribution is 2.22. The first kappa shape index (κ1) is 16.8. The van der Waals surface area contributed by atoms with Crippen LogP contribution >= 0.6 is 0 Å². The molecule has 1 saturated heterocycles. The van der Waals surface area contributed by atoms with Gasteiger partial charge in [-0.2, -0.15) is 0 Å². The number of hydrogen-bond acceptors (Lipinski definition) is 4. The van der Waals surface area contributed by atoms with Gasteiger partial charge in [0.2, 0.25) is 0 Å². The zero-order valence-electron chi connectivity index (χ0n) is 13.7. The Morgan fingerprint density at radius 3 is 2.68 bits per heavy atom. The van der Waals surface area contributed by atoms with Crippen molar-refractivity contribution in [2.24, 2.45) is 5.92 Å². The van der Waals surface area contributed by atoms with Crippen molar-refractivity contribution in [2.45, 2.75) is 32.1 Å². The Labute approximate surface area is 133 Å². The molecule has 1 fully saturated rings. The highest BCUT2D eigenvalue weighted by atomic mass is 16.5. The van der Waals surface area contributed by atoms with Crippen molar-refractivity contribution in [3.8, 4) is 5.75 Å². The molecule has 122 valence electrons.